The maximum absolute atomic E-state index is 11.5. The van der Waals surface area contributed by atoms with Gasteiger partial charge in [0.15, 0.2) is 0 Å². The molecule has 0 bridgehead atoms. The average Bonchev–Trinajstić information content (AvgIpc) is 3.22. The summed E-state index contributed by atoms with van der Waals surface area (Å²) in [5, 5.41) is 13.5. The molecule has 0 unspecified atom stereocenters. The number of pyridine rings is 1. The van der Waals surface area contributed by atoms with Crippen molar-refractivity contribution in [1.29, 1.82) is 0 Å². The van der Waals surface area contributed by atoms with Crippen LogP contribution >= 0.6 is 11.3 Å². The number of hydrogen-bond acceptors (Lipinski definition) is 7. The number of carbonyl (C=O) groups is 1. The van der Waals surface area contributed by atoms with Crippen molar-refractivity contribution >= 4 is 28.2 Å². The molecule has 156 valence electrons. The number of carbonyl (C=O) groups excluding carboxylic acids is 1. The first kappa shape index (κ1) is 20.2. The highest BCUT2D eigenvalue weighted by Crippen LogP contribution is 2.31. The quantitative estimate of drug-likeness (QED) is 0.808. The third-order valence-corrected chi connectivity index (χ3v) is 7.13. The normalized spacial score (nSPS) is 19.4. The Labute approximate surface area is 176 Å². The molecule has 4 heterocycles. The molecule has 4 rings (SSSR count). The Morgan fingerprint density at radius 1 is 1.14 bits per heavy atom. The second-order valence-electron chi connectivity index (χ2n) is 7.97. The lowest BCUT2D eigenvalue weighted by Gasteiger charge is -2.41. The van der Waals surface area contributed by atoms with Crippen LogP contribution in [0, 0.1) is 0 Å². The van der Waals surface area contributed by atoms with Gasteiger partial charge >= 0.3 is 0 Å². The topological polar surface area (TPSA) is 74.2 Å². The van der Waals surface area contributed by atoms with Crippen LogP contribution in [0.15, 0.2) is 18.2 Å². The van der Waals surface area contributed by atoms with Gasteiger partial charge in [0, 0.05) is 37.7 Å². The number of amides is 1. The lowest BCUT2D eigenvalue weighted by atomic mass is 9.91. The Morgan fingerprint density at radius 3 is 2.55 bits per heavy atom. The van der Waals surface area contributed by atoms with E-state index >= 15 is 0 Å². The van der Waals surface area contributed by atoms with E-state index < -0.39 is 0 Å². The second kappa shape index (κ2) is 9.17. The fourth-order valence-electron chi connectivity index (χ4n) is 4.41. The Kier molecular flexibility index (Phi) is 6.40. The first-order valence-corrected chi connectivity index (χ1v) is 11.5. The van der Waals surface area contributed by atoms with E-state index in [1.54, 1.807) is 18.3 Å². The Bertz CT molecular complexity index is 824. The average molecular weight is 415 g/mol. The molecule has 0 saturated carbocycles. The summed E-state index contributed by atoms with van der Waals surface area (Å²) in [6.07, 6.45) is 5.39. The van der Waals surface area contributed by atoms with Crippen molar-refractivity contribution < 1.29 is 4.79 Å². The van der Waals surface area contributed by atoms with Crippen LogP contribution in [0.5, 0.6) is 0 Å². The maximum Gasteiger partial charge on any atom is 0.219 e. The van der Waals surface area contributed by atoms with Crippen LogP contribution in [-0.2, 0) is 11.2 Å². The van der Waals surface area contributed by atoms with E-state index in [1.807, 2.05) is 11.0 Å². The highest BCUT2D eigenvalue weighted by molar-refractivity contribution is 7.15. The molecule has 2 aromatic rings. The lowest BCUT2D eigenvalue weighted by molar-refractivity contribution is -0.130. The molecule has 2 fully saturated rings. The number of piperidine rings is 2. The van der Waals surface area contributed by atoms with E-state index in [4.69, 9.17) is 4.98 Å². The monoisotopic (exact) mass is 414 g/mol. The van der Waals surface area contributed by atoms with Gasteiger partial charge in [0.1, 0.15) is 10.8 Å². The van der Waals surface area contributed by atoms with E-state index in [0.29, 0.717) is 12.0 Å². The van der Waals surface area contributed by atoms with Crippen molar-refractivity contribution in [1.82, 2.24) is 25.0 Å². The smallest absolute Gasteiger partial charge is 0.219 e. The van der Waals surface area contributed by atoms with Gasteiger partial charge in [-0.1, -0.05) is 24.3 Å². The molecule has 29 heavy (non-hydrogen) atoms. The standard InChI is InChI=1S/C21H30N6OS/c1-3-20-24-25-21(29-20)23-19-6-4-5-18(22-19)16-7-11-27(12-8-16)17-9-13-26(14-10-17)15(2)28/h4-6,16-17H,3,7-14H2,1-2H3,(H,22,23,25). The van der Waals surface area contributed by atoms with Crippen LogP contribution in [0.2, 0.25) is 0 Å². The van der Waals surface area contributed by atoms with Gasteiger partial charge in [-0.05, 0) is 57.3 Å². The zero-order valence-electron chi connectivity index (χ0n) is 17.3. The SMILES string of the molecule is CCc1nnc(Nc2cccc(C3CCN(C4CCN(C(C)=O)CC4)CC3)n2)s1. The Morgan fingerprint density at radius 2 is 1.90 bits per heavy atom. The Hall–Kier alpha value is -2.06. The summed E-state index contributed by atoms with van der Waals surface area (Å²) in [5.74, 6) is 1.56. The Balaban J connectivity index is 1.31. The van der Waals surface area contributed by atoms with E-state index in [1.165, 1.54) is 5.69 Å². The van der Waals surface area contributed by atoms with Crippen molar-refractivity contribution in [3.63, 3.8) is 0 Å². The summed E-state index contributed by atoms with van der Waals surface area (Å²) >= 11 is 1.58. The predicted molar refractivity (Wildman–Crippen MR) is 116 cm³/mol. The second-order valence-corrected chi connectivity index (χ2v) is 9.04. The van der Waals surface area contributed by atoms with E-state index in [0.717, 1.165) is 74.2 Å². The van der Waals surface area contributed by atoms with E-state index in [9.17, 15) is 4.79 Å². The van der Waals surface area contributed by atoms with Gasteiger partial charge in [0.2, 0.25) is 11.0 Å². The summed E-state index contributed by atoms with van der Waals surface area (Å²) in [6, 6.07) is 6.84. The third-order valence-electron chi connectivity index (χ3n) is 6.15. The van der Waals surface area contributed by atoms with Crippen LogP contribution in [0.1, 0.15) is 56.2 Å². The van der Waals surface area contributed by atoms with E-state index in [-0.39, 0.29) is 5.91 Å². The van der Waals surface area contributed by atoms with Gasteiger partial charge in [-0.2, -0.15) is 0 Å². The van der Waals surface area contributed by atoms with Gasteiger partial charge in [-0.15, -0.1) is 10.2 Å². The predicted octanol–water partition coefficient (Wildman–Crippen LogP) is 3.43. The van der Waals surface area contributed by atoms with Gasteiger partial charge in [-0.3, -0.25) is 4.79 Å². The largest absolute Gasteiger partial charge is 0.343 e. The molecule has 7 nitrogen and oxygen atoms in total. The minimum Gasteiger partial charge on any atom is -0.343 e. The summed E-state index contributed by atoms with van der Waals surface area (Å²) < 4.78 is 0. The number of likely N-dealkylation sites (tertiary alicyclic amines) is 2. The summed E-state index contributed by atoms with van der Waals surface area (Å²) in [6.45, 7) is 7.80. The van der Waals surface area contributed by atoms with Gasteiger partial charge in [0.05, 0.1) is 0 Å². The summed E-state index contributed by atoms with van der Waals surface area (Å²) in [7, 11) is 0. The van der Waals surface area contributed by atoms with Gasteiger partial charge in [-0.25, -0.2) is 4.98 Å². The van der Waals surface area contributed by atoms with Crippen molar-refractivity contribution in [2.75, 3.05) is 31.5 Å². The van der Waals surface area contributed by atoms with Crippen molar-refractivity contribution in [2.24, 2.45) is 0 Å². The van der Waals surface area contributed by atoms with Crippen LogP contribution in [0.3, 0.4) is 0 Å². The molecular formula is C21H30N6OS. The number of hydrogen-bond donors (Lipinski definition) is 1. The molecule has 0 radical (unpaired) electrons. The van der Waals surface area contributed by atoms with Crippen LogP contribution in [-0.4, -0.2) is 63.1 Å². The maximum atomic E-state index is 11.5. The fraction of sp³-hybridized carbons (Fsp3) is 0.619. The van der Waals surface area contributed by atoms with Crippen LogP contribution < -0.4 is 5.32 Å². The van der Waals surface area contributed by atoms with E-state index in [2.05, 4.69) is 39.5 Å². The fourth-order valence-corrected chi connectivity index (χ4v) is 5.10. The lowest BCUT2D eigenvalue weighted by Crippen LogP contribution is -2.48. The molecule has 1 amide bonds. The van der Waals surface area contributed by atoms with Gasteiger partial charge in [0.25, 0.3) is 0 Å². The number of nitrogens with one attached hydrogen (secondary N) is 1. The minimum atomic E-state index is 0.209. The number of anilines is 2. The summed E-state index contributed by atoms with van der Waals surface area (Å²) in [5.41, 5.74) is 1.17. The molecule has 0 aromatic carbocycles. The molecule has 2 aliphatic rings. The number of aryl methyl sites for hydroxylation is 1. The minimum absolute atomic E-state index is 0.209. The zero-order valence-corrected chi connectivity index (χ0v) is 18.1. The van der Waals surface area contributed by atoms with Crippen LogP contribution in [0.25, 0.3) is 0 Å². The highest BCUT2D eigenvalue weighted by atomic mass is 32.1. The number of aromatic nitrogens is 3. The van der Waals surface area contributed by atoms with Gasteiger partial charge < -0.3 is 15.1 Å². The molecule has 0 atom stereocenters. The van der Waals surface area contributed by atoms with Crippen molar-refractivity contribution in [2.45, 2.75) is 57.9 Å². The third kappa shape index (κ3) is 4.93. The molecule has 2 saturated heterocycles. The number of rotatable bonds is 5. The molecule has 0 spiro atoms. The van der Waals surface area contributed by atoms with Crippen LogP contribution in [0.4, 0.5) is 10.9 Å². The zero-order chi connectivity index (χ0) is 20.2. The molecule has 8 heteroatoms. The first-order valence-electron chi connectivity index (χ1n) is 10.7. The molecule has 0 aliphatic carbocycles. The van der Waals surface area contributed by atoms with Crippen molar-refractivity contribution in [3.05, 3.63) is 28.9 Å². The molecular weight excluding hydrogens is 384 g/mol. The molecule has 2 aliphatic heterocycles. The molecule has 1 N–H and O–H groups in total. The first-order chi connectivity index (χ1) is 14.1. The summed E-state index contributed by atoms with van der Waals surface area (Å²) in [4.78, 5) is 21.0. The molecule has 2 aromatic heterocycles. The highest BCUT2D eigenvalue weighted by Gasteiger charge is 2.29. The van der Waals surface area contributed by atoms with Crippen molar-refractivity contribution in [3.8, 4) is 0 Å². The number of nitrogens with zero attached hydrogens (tertiary/aromatic N) is 5.